The third-order valence-electron chi connectivity index (χ3n) is 4.79. The van der Waals surface area contributed by atoms with E-state index in [1.165, 1.54) is 29.6 Å². The van der Waals surface area contributed by atoms with Gasteiger partial charge >= 0.3 is 0 Å². The molecule has 1 aliphatic heterocycles. The molecule has 0 atom stereocenters. The SMILES string of the molecule is CCCCCS(=O)(=O)CC(=O)Nc1ccc(OC)c(S(=O)(=O)N2CCCCC2)c1. The minimum absolute atomic E-state index is 0.0362. The van der Waals surface area contributed by atoms with Crippen LogP contribution in [0.25, 0.3) is 0 Å². The Labute approximate surface area is 173 Å². The van der Waals surface area contributed by atoms with Gasteiger partial charge in [-0.3, -0.25) is 4.79 Å². The highest BCUT2D eigenvalue weighted by Gasteiger charge is 2.29. The molecule has 0 radical (unpaired) electrons. The molecule has 1 fully saturated rings. The van der Waals surface area contributed by atoms with E-state index in [-0.39, 0.29) is 22.1 Å². The van der Waals surface area contributed by atoms with E-state index in [1.807, 2.05) is 6.92 Å². The highest BCUT2D eigenvalue weighted by atomic mass is 32.2. The number of carbonyl (C=O) groups excluding carboxylic acids is 1. The van der Waals surface area contributed by atoms with Gasteiger partial charge in [0.25, 0.3) is 0 Å². The zero-order chi connectivity index (χ0) is 21.5. The predicted molar refractivity (Wildman–Crippen MR) is 112 cm³/mol. The number of ether oxygens (including phenoxy) is 1. The van der Waals surface area contributed by atoms with E-state index in [9.17, 15) is 21.6 Å². The Kier molecular flexibility index (Phi) is 8.47. The van der Waals surface area contributed by atoms with Crippen LogP contribution < -0.4 is 10.1 Å². The van der Waals surface area contributed by atoms with Crippen molar-refractivity contribution in [3.05, 3.63) is 18.2 Å². The highest BCUT2D eigenvalue weighted by molar-refractivity contribution is 7.92. The lowest BCUT2D eigenvalue weighted by Gasteiger charge is -2.26. The van der Waals surface area contributed by atoms with Crippen molar-refractivity contribution < 1.29 is 26.4 Å². The molecule has 0 unspecified atom stereocenters. The largest absolute Gasteiger partial charge is 0.495 e. The van der Waals surface area contributed by atoms with Crippen LogP contribution in [0.1, 0.15) is 45.4 Å². The first-order valence-corrected chi connectivity index (χ1v) is 13.1. The van der Waals surface area contributed by atoms with Gasteiger partial charge in [-0.05, 0) is 37.5 Å². The second kappa shape index (κ2) is 10.4. The van der Waals surface area contributed by atoms with E-state index < -0.39 is 31.5 Å². The van der Waals surface area contributed by atoms with Crippen molar-refractivity contribution in [1.82, 2.24) is 4.31 Å². The molecule has 1 N–H and O–H groups in total. The molecule has 29 heavy (non-hydrogen) atoms. The highest BCUT2D eigenvalue weighted by Crippen LogP contribution is 2.31. The van der Waals surface area contributed by atoms with Crippen molar-refractivity contribution in [2.75, 3.05) is 37.0 Å². The van der Waals surface area contributed by atoms with Gasteiger partial charge in [-0.15, -0.1) is 0 Å². The summed E-state index contributed by atoms with van der Waals surface area (Å²) in [5.74, 6) is -1.17. The Morgan fingerprint density at radius 2 is 1.79 bits per heavy atom. The number of hydrogen-bond acceptors (Lipinski definition) is 6. The average Bonchev–Trinajstić information content (AvgIpc) is 2.68. The van der Waals surface area contributed by atoms with Crippen molar-refractivity contribution >= 4 is 31.5 Å². The number of nitrogens with zero attached hydrogens (tertiary/aromatic N) is 1. The number of carbonyl (C=O) groups is 1. The summed E-state index contributed by atoms with van der Waals surface area (Å²) < 4.78 is 56.8. The Hall–Kier alpha value is -1.65. The molecule has 1 aromatic rings. The summed E-state index contributed by atoms with van der Waals surface area (Å²) in [6, 6.07) is 4.28. The second-order valence-electron chi connectivity index (χ2n) is 7.18. The Morgan fingerprint density at radius 1 is 1.10 bits per heavy atom. The third-order valence-corrected chi connectivity index (χ3v) is 8.32. The molecule has 1 amide bonds. The zero-order valence-electron chi connectivity index (χ0n) is 17.0. The topological polar surface area (TPSA) is 110 Å². The van der Waals surface area contributed by atoms with Crippen LogP contribution >= 0.6 is 0 Å². The van der Waals surface area contributed by atoms with Crippen molar-refractivity contribution in [3.63, 3.8) is 0 Å². The maximum atomic E-state index is 13.0. The summed E-state index contributed by atoms with van der Waals surface area (Å²) in [4.78, 5) is 12.2. The van der Waals surface area contributed by atoms with Gasteiger partial charge in [0.1, 0.15) is 16.4 Å². The van der Waals surface area contributed by atoms with Crippen LogP contribution in [-0.4, -0.2) is 58.8 Å². The lowest BCUT2D eigenvalue weighted by Crippen LogP contribution is -2.35. The zero-order valence-corrected chi connectivity index (χ0v) is 18.6. The van der Waals surface area contributed by atoms with Crippen LogP contribution in [0.3, 0.4) is 0 Å². The molecule has 0 saturated carbocycles. The fraction of sp³-hybridized carbons (Fsp3) is 0.632. The third kappa shape index (κ3) is 6.68. The average molecular weight is 447 g/mol. The van der Waals surface area contributed by atoms with Crippen molar-refractivity contribution in [2.45, 2.75) is 50.3 Å². The lowest BCUT2D eigenvalue weighted by atomic mass is 10.2. The van der Waals surface area contributed by atoms with Crippen LogP contribution in [0.2, 0.25) is 0 Å². The number of anilines is 1. The molecular formula is C19H30N2O6S2. The summed E-state index contributed by atoms with van der Waals surface area (Å²) in [5, 5.41) is 2.50. The van der Waals surface area contributed by atoms with Crippen LogP contribution in [0, 0.1) is 0 Å². The van der Waals surface area contributed by atoms with Crippen LogP contribution in [0.4, 0.5) is 5.69 Å². The van der Waals surface area contributed by atoms with E-state index >= 15 is 0 Å². The van der Waals surface area contributed by atoms with Crippen molar-refractivity contribution in [2.24, 2.45) is 0 Å². The summed E-state index contributed by atoms with van der Waals surface area (Å²) >= 11 is 0. The molecule has 0 aliphatic carbocycles. The molecular weight excluding hydrogens is 416 g/mol. The molecule has 1 heterocycles. The normalized spacial score (nSPS) is 15.8. The fourth-order valence-corrected chi connectivity index (χ4v) is 6.20. The molecule has 0 bridgehead atoms. The smallest absolute Gasteiger partial charge is 0.246 e. The Balaban J connectivity index is 2.16. The Bertz CT molecular complexity index is 907. The van der Waals surface area contributed by atoms with Crippen molar-refractivity contribution in [1.29, 1.82) is 0 Å². The summed E-state index contributed by atoms with van der Waals surface area (Å²) in [6.45, 7) is 2.86. The van der Waals surface area contributed by atoms with E-state index in [2.05, 4.69) is 5.32 Å². The van der Waals surface area contributed by atoms with Gasteiger partial charge in [0, 0.05) is 18.8 Å². The number of nitrogens with one attached hydrogen (secondary N) is 1. The Morgan fingerprint density at radius 3 is 2.41 bits per heavy atom. The number of hydrogen-bond donors (Lipinski definition) is 1. The van der Waals surface area contributed by atoms with Crippen LogP contribution in [-0.2, 0) is 24.7 Å². The summed E-state index contributed by atoms with van der Waals surface area (Å²) in [6.07, 6.45) is 4.79. The molecule has 8 nitrogen and oxygen atoms in total. The predicted octanol–water partition coefficient (Wildman–Crippen LogP) is 2.41. The molecule has 2 rings (SSSR count). The summed E-state index contributed by atoms with van der Waals surface area (Å²) in [5.41, 5.74) is 0.218. The first-order valence-electron chi connectivity index (χ1n) is 9.88. The van der Waals surface area contributed by atoms with Gasteiger partial charge < -0.3 is 10.1 Å². The molecule has 0 aromatic heterocycles. The van der Waals surface area contributed by atoms with Gasteiger partial charge in [-0.1, -0.05) is 26.2 Å². The van der Waals surface area contributed by atoms with Gasteiger partial charge in [0.05, 0.1) is 12.9 Å². The number of amides is 1. The monoisotopic (exact) mass is 446 g/mol. The number of benzene rings is 1. The number of sulfonamides is 1. The molecule has 10 heteroatoms. The minimum atomic E-state index is -3.77. The molecule has 1 aromatic carbocycles. The molecule has 1 saturated heterocycles. The number of sulfone groups is 1. The quantitative estimate of drug-likeness (QED) is 0.553. The van der Waals surface area contributed by atoms with Crippen LogP contribution in [0.5, 0.6) is 5.75 Å². The van der Waals surface area contributed by atoms with Gasteiger partial charge in [-0.2, -0.15) is 4.31 Å². The number of rotatable bonds is 10. The lowest BCUT2D eigenvalue weighted by molar-refractivity contribution is -0.113. The molecule has 0 spiro atoms. The van der Waals surface area contributed by atoms with Gasteiger partial charge in [0.15, 0.2) is 9.84 Å². The fourth-order valence-electron chi connectivity index (χ4n) is 3.24. The minimum Gasteiger partial charge on any atom is -0.495 e. The maximum Gasteiger partial charge on any atom is 0.246 e. The number of methoxy groups -OCH3 is 1. The first-order chi connectivity index (χ1) is 13.7. The van der Waals surface area contributed by atoms with E-state index in [0.29, 0.717) is 19.5 Å². The number of piperidine rings is 1. The van der Waals surface area contributed by atoms with Gasteiger partial charge in [-0.25, -0.2) is 16.8 Å². The van der Waals surface area contributed by atoms with E-state index in [1.54, 1.807) is 0 Å². The maximum absolute atomic E-state index is 13.0. The van der Waals surface area contributed by atoms with E-state index in [4.69, 9.17) is 4.74 Å². The standard InChI is InChI=1S/C19H30N2O6S2/c1-3-4-8-13-28(23,24)15-19(22)20-16-9-10-17(27-2)18(14-16)29(25,26)21-11-6-5-7-12-21/h9-10,14H,3-8,11-13,15H2,1-2H3,(H,20,22). The van der Waals surface area contributed by atoms with Gasteiger partial charge in [0.2, 0.25) is 15.9 Å². The summed E-state index contributed by atoms with van der Waals surface area (Å²) in [7, 11) is -5.90. The van der Waals surface area contributed by atoms with Crippen molar-refractivity contribution in [3.8, 4) is 5.75 Å². The first kappa shape index (κ1) is 23.6. The van der Waals surface area contributed by atoms with E-state index in [0.717, 1.165) is 32.1 Å². The molecule has 164 valence electrons. The number of unbranched alkanes of at least 4 members (excludes halogenated alkanes) is 2. The van der Waals surface area contributed by atoms with Crippen LogP contribution in [0.15, 0.2) is 23.1 Å². The molecule has 1 aliphatic rings. The second-order valence-corrected chi connectivity index (χ2v) is 11.3.